The van der Waals surface area contributed by atoms with Gasteiger partial charge in [0.25, 0.3) is 0 Å². The quantitative estimate of drug-likeness (QED) is 0.791. The van der Waals surface area contributed by atoms with Gasteiger partial charge in [0.1, 0.15) is 5.82 Å². The molecule has 0 spiro atoms. The van der Waals surface area contributed by atoms with E-state index in [0.29, 0.717) is 22.4 Å². The normalized spacial score (nSPS) is 10.8. The van der Waals surface area contributed by atoms with Crippen molar-refractivity contribution >= 4 is 11.6 Å². The molecule has 2 heterocycles. The van der Waals surface area contributed by atoms with Gasteiger partial charge in [-0.15, -0.1) is 0 Å². The molecule has 21 heavy (non-hydrogen) atoms. The number of hydrogen-bond donors (Lipinski definition) is 1. The van der Waals surface area contributed by atoms with Crippen LogP contribution in [0.4, 0.5) is 0 Å². The molecule has 6 heteroatoms. The lowest BCUT2D eigenvalue weighted by Gasteiger charge is -2.09. The molecule has 0 radical (unpaired) electrons. The average Bonchev–Trinajstić information content (AvgIpc) is 2.80. The van der Waals surface area contributed by atoms with E-state index in [0.717, 1.165) is 11.3 Å². The molecule has 106 valence electrons. The average molecular weight is 301 g/mol. The Morgan fingerprint density at radius 2 is 2.00 bits per heavy atom. The third-order valence-electron chi connectivity index (χ3n) is 3.11. The van der Waals surface area contributed by atoms with Gasteiger partial charge in [0, 0.05) is 11.1 Å². The number of nitrogens with one attached hydrogen (secondary N) is 1. The number of halogens is 1. The smallest absolute Gasteiger partial charge is 0.248 e. The predicted molar refractivity (Wildman–Crippen MR) is 81.9 cm³/mol. The Morgan fingerprint density at radius 3 is 2.71 bits per heavy atom. The summed E-state index contributed by atoms with van der Waals surface area (Å²) in [5.74, 6) is 1.22. The van der Waals surface area contributed by atoms with Gasteiger partial charge in [0.15, 0.2) is 5.82 Å². The molecular weight excluding hydrogens is 288 g/mol. The second-order valence-corrected chi connectivity index (χ2v) is 5.19. The van der Waals surface area contributed by atoms with Gasteiger partial charge in [-0.05, 0) is 43.7 Å². The fourth-order valence-corrected chi connectivity index (χ4v) is 2.42. The molecule has 0 saturated heterocycles. The number of pyridine rings is 1. The van der Waals surface area contributed by atoms with Gasteiger partial charge in [0.05, 0.1) is 11.4 Å². The van der Waals surface area contributed by atoms with Crippen LogP contribution in [0.1, 0.15) is 11.4 Å². The maximum atomic E-state index is 11.5. The van der Waals surface area contributed by atoms with E-state index >= 15 is 0 Å². The van der Waals surface area contributed by atoms with E-state index in [-0.39, 0.29) is 5.56 Å². The maximum absolute atomic E-state index is 11.5. The van der Waals surface area contributed by atoms with Gasteiger partial charge in [-0.2, -0.15) is 5.10 Å². The minimum atomic E-state index is -0.174. The number of H-pyrrole nitrogens is 1. The zero-order valence-corrected chi connectivity index (χ0v) is 12.3. The van der Waals surface area contributed by atoms with Crippen molar-refractivity contribution in [3.8, 4) is 17.2 Å². The number of aromatic nitrogens is 4. The van der Waals surface area contributed by atoms with Gasteiger partial charge < -0.3 is 4.98 Å². The molecule has 0 aliphatic carbocycles. The first kappa shape index (κ1) is 13.6. The van der Waals surface area contributed by atoms with E-state index in [4.69, 9.17) is 11.6 Å². The maximum Gasteiger partial charge on any atom is 0.248 e. The lowest BCUT2D eigenvalue weighted by atomic mass is 10.2. The summed E-state index contributed by atoms with van der Waals surface area (Å²) < 4.78 is 1.71. The number of aromatic amines is 1. The Bertz CT molecular complexity index is 866. The third-order valence-corrected chi connectivity index (χ3v) is 3.34. The Kier molecular flexibility index (Phi) is 3.35. The Labute approximate surface area is 126 Å². The van der Waals surface area contributed by atoms with E-state index < -0.39 is 0 Å². The molecule has 0 amide bonds. The van der Waals surface area contributed by atoms with Crippen LogP contribution in [0.3, 0.4) is 0 Å². The largest absolute Gasteiger partial charge is 0.319 e. The van der Waals surface area contributed by atoms with Crippen LogP contribution in [-0.4, -0.2) is 19.7 Å². The second-order valence-electron chi connectivity index (χ2n) is 4.75. The summed E-state index contributed by atoms with van der Waals surface area (Å²) in [5, 5.41) is 5.09. The third kappa shape index (κ3) is 2.60. The van der Waals surface area contributed by atoms with E-state index in [9.17, 15) is 4.79 Å². The Hall–Kier alpha value is -2.40. The molecule has 3 aromatic rings. The fraction of sp³-hybridized carbons (Fsp3) is 0.133. The number of hydrogen-bond acceptors (Lipinski definition) is 3. The standard InChI is InChI=1S/C15H13ClN4O/c1-9-8-11(16)6-7-13(9)20-15(17-10(2)19-20)12-4-3-5-14(21)18-12/h3-8H,1-2H3,(H,18,21). The summed E-state index contributed by atoms with van der Waals surface area (Å²) in [7, 11) is 0. The highest BCUT2D eigenvalue weighted by Crippen LogP contribution is 2.23. The molecule has 0 fully saturated rings. The fourth-order valence-electron chi connectivity index (χ4n) is 2.19. The van der Waals surface area contributed by atoms with Crippen molar-refractivity contribution in [3.05, 3.63) is 63.2 Å². The van der Waals surface area contributed by atoms with Crippen molar-refractivity contribution in [2.75, 3.05) is 0 Å². The van der Waals surface area contributed by atoms with E-state index in [1.54, 1.807) is 22.9 Å². The van der Waals surface area contributed by atoms with Crippen LogP contribution < -0.4 is 5.56 Å². The summed E-state index contributed by atoms with van der Waals surface area (Å²) in [6.45, 7) is 3.77. The number of benzene rings is 1. The van der Waals surface area contributed by atoms with E-state index in [1.807, 2.05) is 26.0 Å². The number of aryl methyl sites for hydroxylation is 2. The lowest BCUT2D eigenvalue weighted by Crippen LogP contribution is -2.08. The van der Waals surface area contributed by atoms with Crippen molar-refractivity contribution in [3.63, 3.8) is 0 Å². The second kappa shape index (κ2) is 5.18. The molecule has 0 saturated carbocycles. The van der Waals surface area contributed by atoms with Crippen molar-refractivity contribution in [1.82, 2.24) is 19.7 Å². The summed E-state index contributed by atoms with van der Waals surface area (Å²) in [6, 6.07) is 10.5. The highest BCUT2D eigenvalue weighted by atomic mass is 35.5. The molecule has 0 atom stereocenters. The van der Waals surface area contributed by atoms with Crippen molar-refractivity contribution in [1.29, 1.82) is 0 Å². The van der Waals surface area contributed by atoms with Crippen molar-refractivity contribution < 1.29 is 0 Å². The van der Waals surface area contributed by atoms with Gasteiger partial charge >= 0.3 is 0 Å². The van der Waals surface area contributed by atoms with Crippen LogP contribution in [0.15, 0.2) is 41.2 Å². The molecule has 3 rings (SSSR count). The van der Waals surface area contributed by atoms with Crippen LogP contribution in [-0.2, 0) is 0 Å². The van der Waals surface area contributed by atoms with Crippen molar-refractivity contribution in [2.45, 2.75) is 13.8 Å². The first-order chi connectivity index (χ1) is 10.0. The monoisotopic (exact) mass is 300 g/mol. The Balaban J connectivity index is 2.22. The zero-order chi connectivity index (χ0) is 15.0. The minimum Gasteiger partial charge on any atom is -0.319 e. The van der Waals surface area contributed by atoms with Crippen molar-refractivity contribution in [2.24, 2.45) is 0 Å². The van der Waals surface area contributed by atoms with Crippen LogP contribution in [0, 0.1) is 13.8 Å². The van der Waals surface area contributed by atoms with Crippen LogP contribution in [0.2, 0.25) is 5.02 Å². The van der Waals surface area contributed by atoms with Crippen LogP contribution in [0.25, 0.3) is 17.2 Å². The molecule has 2 aromatic heterocycles. The summed E-state index contributed by atoms with van der Waals surface area (Å²) in [6.07, 6.45) is 0. The SMILES string of the molecule is Cc1nc(-c2cccc(=O)[nH]2)n(-c2ccc(Cl)cc2C)n1. The van der Waals surface area contributed by atoms with Crippen LogP contribution in [0.5, 0.6) is 0 Å². The summed E-state index contributed by atoms with van der Waals surface area (Å²) >= 11 is 5.99. The Morgan fingerprint density at radius 1 is 1.19 bits per heavy atom. The lowest BCUT2D eigenvalue weighted by molar-refractivity contribution is 0.859. The summed E-state index contributed by atoms with van der Waals surface area (Å²) in [5.41, 5.74) is 2.30. The van der Waals surface area contributed by atoms with Gasteiger partial charge in [-0.25, -0.2) is 9.67 Å². The van der Waals surface area contributed by atoms with E-state index in [1.165, 1.54) is 6.07 Å². The topological polar surface area (TPSA) is 63.6 Å². The molecule has 5 nitrogen and oxygen atoms in total. The molecular formula is C15H13ClN4O. The highest BCUT2D eigenvalue weighted by Gasteiger charge is 2.14. The predicted octanol–water partition coefficient (Wildman–Crippen LogP) is 2.89. The highest BCUT2D eigenvalue weighted by molar-refractivity contribution is 6.30. The molecule has 1 aromatic carbocycles. The molecule has 0 unspecified atom stereocenters. The number of rotatable bonds is 2. The first-order valence-electron chi connectivity index (χ1n) is 6.44. The first-order valence-corrected chi connectivity index (χ1v) is 6.82. The van der Waals surface area contributed by atoms with Crippen LogP contribution >= 0.6 is 11.6 Å². The van der Waals surface area contributed by atoms with Gasteiger partial charge in [0.2, 0.25) is 5.56 Å². The van der Waals surface area contributed by atoms with Gasteiger partial charge in [-0.1, -0.05) is 17.7 Å². The van der Waals surface area contributed by atoms with E-state index in [2.05, 4.69) is 15.1 Å². The molecule has 0 bridgehead atoms. The summed E-state index contributed by atoms with van der Waals surface area (Å²) in [4.78, 5) is 18.7. The number of nitrogens with zero attached hydrogens (tertiary/aromatic N) is 3. The molecule has 0 aliphatic rings. The minimum absolute atomic E-state index is 0.174. The van der Waals surface area contributed by atoms with Gasteiger partial charge in [-0.3, -0.25) is 4.79 Å². The molecule has 1 N–H and O–H groups in total. The zero-order valence-electron chi connectivity index (χ0n) is 11.6. The molecule has 0 aliphatic heterocycles.